The number of benzene rings is 1. The number of rotatable bonds is 5. The van der Waals surface area contributed by atoms with Gasteiger partial charge in [0.15, 0.2) is 0 Å². The highest BCUT2D eigenvalue weighted by molar-refractivity contribution is 5.27. The molecule has 1 aromatic carbocycles. The second-order valence-corrected chi connectivity index (χ2v) is 5.23. The first-order valence-electron chi connectivity index (χ1n) is 6.62. The van der Waals surface area contributed by atoms with Crippen molar-refractivity contribution in [3.8, 4) is 0 Å². The molecule has 2 heteroatoms. The van der Waals surface area contributed by atoms with Gasteiger partial charge in [-0.25, -0.2) is 0 Å². The van der Waals surface area contributed by atoms with E-state index in [2.05, 4.69) is 24.9 Å². The Morgan fingerprint density at radius 2 is 2.06 bits per heavy atom. The van der Waals surface area contributed by atoms with Crippen LogP contribution >= 0.6 is 0 Å². The van der Waals surface area contributed by atoms with Gasteiger partial charge in [0.1, 0.15) is 0 Å². The van der Waals surface area contributed by atoms with Crippen molar-refractivity contribution in [3.05, 3.63) is 35.4 Å². The maximum Gasteiger partial charge on any atom is 0.0804 e. The third kappa shape index (κ3) is 3.08. The van der Waals surface area contributed by atoms with Crippen LogP contribution in [0.5, 0.6) is 0 Å². The number of aryl methyl sites for hydroxylation is 1. The van der Waals surface area contributed by atoms with E-state index in [1.54, 1.807) is 0 Å². The van der Waals surface area contributed by atoms with E-state index >= 15 is 0 Å². The highest BCUT2D eigenvalue weighted by Gasteiger charge is 2.22. The zero-order chi connectivity index (χ0) is 12.3. The second kappa shape index (κ2) is 5.65. The summed E-state index contributed by atoms with van der Waals surface area (Å²) in [7, 11) is 2.17. The molecule has 1 aromatic rings. The number of nitrogens with zero attached hydrogens (tertiary/aromatic N) is 1. The summed E-state index contributed by atoms with van der Waals surface area (Å²) in [4.78, 5) is 2.39. The van der Waals surface area contributed by atoms with Crippen LogP contribution in [0.15, 0.2) is 24.3 Å². The summed E-state index contributed by atoms with van der Waals surface area (Å²) in [6.07, 6.45) is 4.54. The van der Waals surface area contributed by atoms with Gasteiger partial charge in [0.05, 0.1) is 6.10 Å². The van der Waals surface area contributed by atoms with E-state index in [-0.39, 0.29) is 6.10 Å². The molecule has 1 atom stereocenters. The molecule has 0 aromatic heterocycles. The minimum absolute atomic E-state index is 0.321. The molecule has 0 aliphatic heterocycles. The molecule has 1 fully saturated rings. The average Bonchev–Trinajstić information content (AvgIpc) is 2.24. The van der Waals surface area contributed by atoms with Crippen molar-refractivity contribution in [3.63, 3.8) is 0 Å². The SMILES string of the molecule is Cc1ccccc1C(O)CCN(C)C1CCC1. The molecule has 0 saturated heterocycles. The zero-order valence-electron chi connectivity index (χ0n) is 10.9. The van der Waals surface area contributed by atoms with E-state index in [9.17, 15) is 5.11 Å². The van der Waals surface area contributed by atoms with Gasteiger partial charge in [-0.15, -0.1) is 0 Å². The van der Waals surface area contributed by atoms with Crippen molar-refractivity contribution in [1.29, 1.82) is 0 Å². The summed E-state index contributed by atoms with van der Waals surface area (Å²) in [5.41, 5.74) is 2.26. The van der Waals surface area contributed by atoms with Gasteiger partial charge >= 0.3 is 0 Å². The predicted molar refractivity (Wildman–Crippen MR) is 71.0 cm³/mol. The molecule has 94 valence electrons. The monoisotopic (exact) mass is 233 g/mol. The number of aliphatic hydroxyl groups excluding tert-OH is 1. The van der Waals surface area contributed by atoms with Crippen LogP contribution in [-0.2, 0) is 0 Å². The molecular formula is C15H23NO. The zero-order valence-corrected chi connectivity index (χ0v) is 10.9. The van der Waals surface area contributed by atoms with Crippen LogP contribution < -0.4 is 0 Å². The molecule has 2 rings (SSSR count). The van der Waals surface area contributed by atoms with Gasteiger partial charge in [-0.05, 0) is 44.4 Å². The van der Waals surface area contributed by atoms with E-state index in [1.165, 1.54) is 24.8 Å². The van der Waals surface area contributed by atoms with Gasteiger partial charge < -0.3 is 10.0 Å². The molecule has 1 saturated carbocycles. The lowest BCUT2D eigenvalue weighted by molar-refractivity contribution is 0.112. The Labute approximate surface area is 104 Å². The van der Waals surface area contributed by atoms with Crippen LogP contribution in [0.25, 0.3) is 0 Å². The summed E-state index contributed by atoms with van der Waals surface area (Å²) in [5.74, 6) is 0. The Morgan fingerprint density at radius 3 is 2.65 bits per heavy atom. The van der Waals surface area contributed by atoms with Gasteiger partial charge in [0.25, 0.3) is 0 Å². The molecule has 1 N–H and O–H groups in total. The largest absolute Gasteiger partial charge is 0.388 e. The van der Waals surface area contributed by atoms with Gasteiger partial charge in [-0.3, -0.25) is 0 Å². The van der Waals surface area contributed by atoms with E-state index in [4.69, 9.17) is 0 Å². The maximum atomic E-state index is 10.2. The molecule has 17 heavy (non-hydrogen) atoms. The predicted octanol–water partition coefficient (Wildman–Crippen LogP) is 2.90. The molecule has 0 radical (unpaired) electrons. The van der Waals surface area contributed by atoms with Gasteiger partial charge in [0.2, 0.25) is 0 Å². The normalized spacial score (nSPS) is 18.1. The van der Waals surface area contributed by atoms with Crippen molar-refractivity contribution in [2.24, 2.45) is 0 Å². The highest BCUT2D eigenvalue weighted by Crippen LogP contribution is 2.25. The second-order valence-electron chi connectivity index (χ2n) is 5.23. The summed E-state index contributed by atoms with van der Waals surface area (Å²) < 4.78 is 0. The number of aliphatic hydroxyl groups is 1. The minimum Gasteiger partial charge on any atom is -0.388 e. The molecule has 0 heterocycles. The van der Waals surface area contributed by atoms with Crippen LogP contribution in [0.1, 0.15) is 42.9 Å². The number of hydrogen-bond acceptors (Lipinski definition) is 2. The summed E-state index contributed by atoms with van der Waals surface area (Å²) >= 11 is 0. The van der Waals surface area contributed by atoms with Gasteiger partial charge in [-0.1, -0.05) is 30.7 Å². The smallest absolute Gasteiger partial charge is 0.0804 e. The summed E-state index contributed by atoms with van der Waals surface area (Å²) in [5, 5.41) is 10.2. The fraction of sp³-hybridized carbons (Fsp3) is 0.600. The van der Waals surface area contributed by atoms with Gasteiger partial charge in [0, 0.05) is 12.6 Å². The van der Waals surface area contributed by atoms with Crippen molar-refractivity contribution in [2.45, 2.75) is 44.8 Å². The quantitative estimate of drug-likeness (QED) is 0.845. The molecule has 0 spiro atoms. The van der Waals surface area contributed by atoms with E-state index in [0.29, 0.717) is 0 Å². The molecule has 1 unspecified atom stereocenters. The van der Waals surface area contributed by atoms with E-state index in [1.807, 2.05) is 18.2 Å². The topological polar surface area (TPSA) is 23.5 Å². The summed E-state index contributed by atoms with van der Waals surface area (Å²) in [6, 6.07) is 8.88. The molecule has 2 nitrogen and oxygen atoms in total. The van der Waals surface area contributed by atoms with Crippen LogP contribution in [0.2, 0.25) is 0 Å². The first kappa shape index (κ1) is 12.6. The van der Waals surface area contributed by atoms with Crippen molar-refractivity contribution in [1.82, 2.24) is 4.90 Å². The third-order valence-corrected chi connectivity index (χ3v) is 4.00. The van der Waals surface area contributed by atoms with Crippen molar-refractivity contribution < 1.29 is 5.11 Å². The first-order valence-corrected chi connectivity index (χ1v) is 6.62. The van der Waals surface area contributed by atoms with Gasteiger partial charge in [-0.2, -0.15) is 0 Å². The van der Waals surface area contributed by atoms with E-state index in [0.717, 1.165) is 24.6 Å². The van der Waals surface area contributed by atoms with Crippen molar-refractivity contribution in [2.75, 3.05) is 13.6 Å². The third-order valence-electron chi connectivity index (χ3n) is 4.00. The average molecular weight is 233 g/mol. The lowest BCUT2D eigenvalue weighted by atomic mass is 9.91. The van der Waals surface area contributed by atoms with Crippen LogP contribution in [-0.4, -0.2) is 29.6 Å². The van der Waals surface area contributed by atoms with Crippen LogP contribution in [0.3, 0.4) is 0 Å². The lowest BCUT2D eigenvalue weighted by Crippen LogP contribution is -2.38. The minimum atomic E-state index is -0.321. The fourth-order valence-electron chi connectivity index (χ4n) is 2.45. The Kier molecular flexibility index (Phi) is 4.19. The Hall–Kier alpha value is -0.860. The molecule has 1 aliphatic carbocycles. The van der Waals surface area contributed by atoms with Crippen LogP contribution in [0.4, 0.5) is 0 Å². The Morgan fingerprint density at radius 1 is 1.35 bits per heavy atom. The van der Waals surface area contributed by atoms with Crippen molar-refractivity contribution >= 4 is 0 Å². The van der Waals surface area contributed by atoms with Crippen LogP contribution in [0, 0.1) is 6.92 Å². The maximum absolute atomic E-state index is 10.2. The lowest BCUT2D eigenvalue weighted by Gasteiger charge is -2.35. The Bertz CT molecular complexity index is 360. The molecular weight excluding hydrogens is 210 g/mol. The Balaban J connectivity index is 1.84. The highest BCUT2D eigenvalue weighted by atomic mass is 16.3. The first-order chi connectivity index (χ1) is 8.18. The molecule has 0 bridgehead atoms. The standard InChI is InChI=1S/C15H23NO/c1-12-6-3-4-9-14(12)15(17)10-11-16(2)13-7-5-8-13/h3-4,6,9,13,15,17H,5,7-8,10-11H2,1-2H3. The van der Waals surface area contributed by atoms with E-state index < -0.39 is 0 Å². The number of hydrogen-bond donors (Lipinski definition) is 1. The fourth-order valence-corrected chi connectivity index (χ4v) is 2.45. The summed E-state index contributed by atoms with van der Waals surface area (Å²) in [6.45, 7) is 3.05. The molecule has 0 amide bonds. The molecule has 1 aliphatic rings.